The van der Waals surface area contributed by atoms with Crippen LogP contribution < -0.4 is 11.1 Å². The van der Waals surface area contributed by atoms with Gasteiger partial charge in [-0.05, 0) is 49.9 Å². The fourth-order valence-electron chi connectivity index (χ4n) is 3.06. The Morgan fingerprint density at radius 2 is 1.86 bits per heavy atom. The summed E-state index contributed by atoms with van der Waals surface area (Å²) in [6, 6.07) is 13.2. The Kier molecular flexibility index (Phi) is 7.40. The molecular weight excluding hydrogens is 368 g/mol. The van der Waals surface area contributed by atoms with E-state index in [4.69, 9.17) is 15.2 Å². The summed E-state index contributed by atoms with van der Waals surface area (Å²) in [7, 11) is 1.29. The Bertz CT molecular complexity index is 871. The van der Waals surface area contributed by atoms with Crippen LogP contribution in [0.15, 0.2) is 42.5 Å². The molecule has 0 heterocycles. The number of hydrogen-bond donors (Lipinski definition) is 2. The molecule has 6 nitrogen and oxygen atoms in total. The molecule has 0 aliphatic heterocycles. The number of methoxy groups -OCH3 is 1. The molecule has 0 spiro atoms. The highest BCUT2D eigenvalue weighted by Crippen LogP contribution is 2.26. The summed E-state index contributed by atoms with van der Waals surface area (Å²) in [5.74, 6) is -0.534. The average Bonchev–Trinajstić information content (AvgIpc) is 2.65. The Morgan fingerprint density at radius 3 is 2.45 bits per heavy atom. The van der Waals surface area contributed by atoms with E-state index in [0.717, 1.165) is 22.3 Å². The molecular formula is C23H30N2O4. The zero-order chi connectivity index (χ0) is 21.6. The topological polar surface area (TPSA) is 90.6 Å². The lowest BCUT2D eigenvalue weighted by Crippen LogP contribution is -2.45. The zero-order valence-electron chi connectivity index (χ0n) is 17.7. The lowest BCUT2D eigenvalue weighted by Gasteiger charge is -2.23. The van der Waals surface area contributed by atoms with Crippen LogP contribution in [-0.4, -0.2) is 30.8 Å². The predicted octanol–water partition coefficient (Wildman–Crippen LogP) is 3.73. The third-order valence-corrected chi connectivity index (χ3v) is 4.34. The number of nitrogens with one attached hydrogen (secondary N) is 1. The maximum absolute atomic E-state index is 12.2. The van der Waals surface area contributed by atoms with Gasteiger partial charge in [-0.1, -0.05) is 48.0 Å². The first-order valence-corrected chi connectivity index (χ1v) is 9.59. The average molecular weight is 399 g/mol. The lowest BCUT2D eigenvalue weighted by molar-refractivity contribution is -0.143. The van der Waals surface area contributed by atoms with Gasteiger partial charge in [0, 0.05) is 13.0 Å². The number of esters is 1. The molecule has 0 aliphatic rings. The van der Waals surface area contributed by atoms with Crippen LogP contribution in [0.1, 0.15) is 37.5 Å². The van der Waals surface area contributed by atoms with Crippen molar-refractivity contribution in [1.29, 1.82) is 0 Å². The number of rotatable bonds is 6. The molecule has 2 aromatic carbocycles. The minimum atomic E-state index is -0.856. The third-order valence-electron chi connectivity index (χ3n) is 4.34. The number of ether oxygens (including phenoxy) is 2. The van der Waals surface area contributed by atoms with Crippen molar-refractivity contribution in [2.75, 3.05) is 7.11 Å². The van der Waals surface area contributed by atoms with Gasteiger partial charge in [-0.3, -0.25) is 0 Å². The van der Waals surface area contributed by atoms with Gasteiger partial charge in [-0.2, -0.15) is 0 Å². The van der Waals surface area contributed by atoms with Crippen molar-refractivity contribution < 1.29 is 19.1 Å². The fraction of sp³-hybridized carbons (Fsp3) is 0.391. The second-order valence-corrected chi connectivity index (χ2v) is 7.99. The number of carbonyl (C=O) groups excluding carboxylic acids is 2. The number of alkyl carbamates (subject to hydrolysis) is 1. The molecule has 6 heteroatoms. The first kappa shape index (κ1) is 22.4. The van der Waals surface area contributed by atoms with Crippen molar-refractivity contribution in [3.63, 3.8) is 0 Å². The SMILES string of the molecule is COC(=O)[C@@H](Cc1ccc(-c2cccc(C)c2)c(CN)c1)NC(=O)OC(C)(C)C. The van der Waals surface area contributed by atoms with Crippen LogP contribution >= 0.6 is 0 Å². The summed E-state index contributed by atoms with van der Waals surface area (Å²) >= 11 is 0. The van der Waals surface area contributed by atoms with Gasteiger partial charge >= 0.3 is 12.1 Å². The molecule has 29 heavy (non-hydrogen) atoms. The number of nitrogens with two attached hydrogens (primary N) is 1. The lowest BCUT2D eigenvalue weighted by atomic mass is 9.94. The molecule has 3 N–H and O–H groups in total. The van der Waals surface area contributed by atoms with E-state index in [1.54, 1.807) is 20.8 Å². The van der Waals surface area contributed by atoms with Crippen LogP contribution in [0.2, 0.25) is 0 Å². The summed E-state index contributed by atoms with van der Waals surface area (Å²) in [6.45, 7) is 7.69. The van der Waals surface area contributed by atoms with E-state index in [1.807, 2.05) is 43.3 Å². The summed E-state index contributed by atoms with van der Waals surface area (Å²) < 4.78 is 10.1. The Balaban J connectivity index is 2.25. The van der Waals surface area contributed by atoms with Gasteiger partial charge in [0.1, 0.15) is 11.6 Å². The number of hydrogen-bond acceptors (Lipinski definition) is 5. The highest BCUT2D eigenvalue weighted by Gasteiger charge is 2.25. The highest BCUT2D eigenvalue weighted by molar-refractivity contribution is 5.81. The Morgan fingerprint density at radius 1 is 1.14 bits per heavy atom. The van der Waals surface area contributed by atoms with Crippen molar-refractivity contribution in [1.82, 2.24) is 5.32 Å². The van der Waals surface area contributed by atoms with E-state index in [-0.39, 0.29) is 6.42 Å². The molecule has 1 atom stereocenters. The molecule has 0 saturated heterocycles. The Hall–Kier alpha value is -2.86. The largest absolute Gasteiger partial charge is 0.467 e. The van der Waals surface area contributed by atoms with Gasteiger partial charge in [0.05, 0.1) is 7.11 Å². The van der Waals surface area contributed by atoms with E-state index < -0.39 is 23.7 Å². The molecule has 156 valence electrons. The smallest absolute Gasteiger partial charge is 0.408 e. The standard InChI is InChI=1S/C23H30N2O4/c1-15-7-6-8-17(11-15)19-10-9-16(12-18(19)14-24)13-20(21(26)28-5)25-22(27)29-23(2,3)4/h6-12,20H,13-14,24H2,1-5H3,(H,25,27)/t20-/m1/s1. The van der Waals surface area contributed by atoms with Gasteiger partial charge < -0.3 is 20.5 Å². The molecule has 0 aliphatic carbocycles. The van der Waals surface area contributed by atoms with Crippen molar-refractivity contribution >= 4 is 12.1 Å². The molecule has 0 aromatic heterocycles. The molecule has 0 saturated carbocycles. The summed E-state index contributed by atoms with van der Waals surface area (Å²) in [5.41, 5.74) is 10.5. The maximum Gasteiger partial charge on any atom is 0.408 e. The van der Waals surface area contributed by atoms with Crippen LogP contribution in [0, 0.1) is 6.92 Å². The molecule has 2 aromatic rings. The van der Waals surface area contributed by atoms with Gasteiger partial charge in [0.25, 0.3) is 0 Å². The number of benzene rings is 2. The normalized spacial score (nSPS) is 12.2. The van der Waals surface area contributed by atoms with Crippen molar-refractivity contribution in [2.24, 2.45) is 5.73 Å². The first-order chi connectivity index (χ1) is 13.6. The van der Waals surface area contributed by atoms with E-state index in [2.05, 4.69) is 11.4 Å². The van der Waals surface area contributed by atoms with Crippen LogP contribution in [-0.2, 0) is 27.2 Å². The number of aryl methyl sites for hydroxylation is 1. The van der Waals surface area contributed by atoms with Crippen LogP contribution in [0.25, 0.3) is 11.1 Å². The van der Waals surface area contributed by atoms with E-state index >= 15 is 0 Å². The second-order valence-electron chi connectivity index (χ2n) is 7.99. The minimum absolute atomic E-state index is 0.271. The van der Waals surface area contributed by atoms with E-state index in [1.165, 1.54) is 12.7 Å². The molecule has 1 amide bonds. The minimum Gasteiger partial charge on any atom is -0.467 e. The maximum atomic E-state index is 12.2. The van der Waals surface area contributed by atoms with E-state index in [9.17, 15) is 9.59 Å². The molecule has 0 bridgehead atoms. The van der Waals surface area contributed by atoms with Crippen LogP contribution in [0.5, 0.6) is 0 Å². The van der Waals surface area contributed by atoms with Gasteiger partial charge in [0.2, 0.25) is 0 Å². The van der Waals surface area contributed by atoms with Crippen LogP contribution in [0.3, 0.4) is 0 Å². The predicted molar refractivity (Wildman–Crippen MR) is 113 cm³/mol. The number of carbonyl (C=O) groups is 2. The summed E-state index contributed by atoms with van der Waals surface area (Å²) in [6.07, 6.45) is -0.393. The monoisotopic (exact) mass is 398 g/mol. The fourth-order valence-corrected chi connectivity index (χ4v) is 3.06. The molecule has 2 rings (SSSR count). The van der Waals surface area contributed by atoms with Gasteiger partial charge in [-0.15, -0.1) is 0 Å². The van der Waals surface area contributed by atoms with Gasteiger partial charge in [0.15, 0.2) is 0 Å². The summed E-state index contributed by atoms with van der Waals surface area (Å²) in [4.78, 5) is 24.3. The van der Waals surface area contributed by atoms with Crippen LogP contribution in [0.4, 0.5) is 4.79 Å². The van der Waals surface area contributed by atoms with E-state index in [0.29, 0.717) is 6.54 Å². The highest BCUT2D eigenvalue weighted by atomic mass is 16.6. The molecule has 0 fully saturated rings. The van der Waals surface area contributed by atoms with Crippen molar-refractivity contribution in [3.05, 3.63) is 59.2 Å². The Labute approximate surface area is 172 Å². The summed E-state index contributed by atoms with van der Waals surface area (Å²) in [5, 5.41) is 2.60. The molecule has 0 unspecified atom stereocenters. The van der Waals surface area contributed by atoms with Crippen molar-refractivity contribution in [2.45, 2.75) is 52.3 Å². The second kappa shape index (κ2) is 9.56. The third kappa shape index (κ3) is 6.61. The quantitative estimate of drug-likeness (QED) is 0.724. The zero-order valence-corrected chi connectivity index (χ0v) is 17.7. The number of amides is 1. The van der Waals surface area contributed by atoms with Gasteiger partial charge in [-0.25, -0.2) is 9.59 Å². The molecule has 0 radical (unpaired) electrons. The first-order valence-electron chi connectivity index (χ1n) is 9.59. The van der Waals surface area contributed by atoms with Crippen molar-refractivity contribution in [3.8, 4) is 11.1 Å².